The van der Waals surface area contributed by atoms with E-state index < -0.39 is 4.92 Å². The lowest BCUT2D eigenvalue weighted by atomic mass is 9.72. The molecule has 0 unspecified atom stereocenters. The summed E-state index contributed by atoms with van der Waals surface area (Å²) in [6.45, 7) is 8.89. The van der Waals surface area contributed by atoms with Gasteiger partial charge in [-0.1, -0.05) is 26.8 Å². The van der Waals surface area contributed by atoms with Crippen molar-refractivity contribution in [3.8, 4) is 11.3 Å². The topological polar surface area (TPSA) is 111 Å². The number of nitro groups is 1. The van der Waals surface area contributed by atoms with Crippen LogP contribution in [0.5, 0.6) is 0 Å². The first-order valence-electron chi connectivity index (χ1n) is 12.9. The average Bonchev–Trinajstić information content (AvgIpc) is 3.65. The first-order chi connectivity index (χ1) is 18.6. The molecule has 1 amide bonds. The first-order valence-corrected chi connectivity index (χ1v) is 13.8. The molecule has 3 aromatic heterocycles. The number of hydrogen-bond donors (Lipinski definition) is 1. The molecule has 1 aromatic carbocycles. The molecule has 0 fully saturated rings. The van der Waals surface area contributed by atoms with Crippen LogP contribution in [-0.2, 0) is 19.4 Å². The molecule has 0 bridgehead atoms. The summed E-state index contributed by atoms with van der Waals surface area (Å²) in [5.74, 6) is 1.86. The van der Waals surface area contributed by atoms with Gasteiger partial charge in [0.2, 0.25) is 0 Å². The van der Waals surface area contributed by atoms with Crippen LogP contribution >= 0.6 is 11.3 Å². The van der Waals surface area contributed by atoms with Crippen LogP contribution in [0.15, 0.2) is 62.6 Å². The molecule has 3 heterocycles. The molecular formula is C30H31N3O5S. The molecule has 1 aliphatic carbocycles. The van der Waals surface area contributed by atoms with Gasteiger partial charge >= 0.3 is 0 Å². The second-order valence-corrected chi connectivity index (χ2v) is 12.1. The third-order valence-corrected chi connectivity index (χ3v) is 8.42. The molecule has 0 spiro atoms. The number of furan rings is 2. The van der Waals surface area contributed by atoms with Crippen molar-refractivity contribution in [1.82, 2.24) is 5.32 Å². The molecule has 5 rings (SSSR count). The van der Waals surface area contributed by atoms with E-state index in [0.29, 0.717) is 45.9 Å². The summed E-state index contributed by atoms with van der Waals surface area (Å²) < 4.78 is 11.3. The number of benzene rings is 1. The van der Waals surface area contributed by atoms with E-state index in [1.54, 1.807) is 48.1 Å². The van der Waals surface area contributed by atoms with Crippen molar-refractivity contribution in [1.29, 1.82) is 0 Å². The highest BCUT2D eigenvalue weighted by Crippen LogP contribution is 2.45. The number of carbonyl (C=O) groups is 1. The van der Waals surface area contributed by atoms with Gasteiger partial charge in [0.1, 0.15) is 22.3 Å². The Hall–Kier alpha value is -3.98. The van der Waals surface area contributed by atoms with E-state index in [1.807, 2.05) is 19.1 Å². The standard InChI is InChI=1S/C30H31N3O5S/c1-18-7-10-22(24(14-18)33(35)36)25-12-9-21(38-25)17-32-29-27(28(34)31-16-20-6-5-13-37-20)23-11-8-19(30(2,3)4)15-26(23)39-29/h5-7,9-10,12-14,17,19H,8,11,15-16H2,1-4H3,(H,31,34)/t19-/m1/s1. The fourth-order valence-corrected chi connectivity index (χ4v) is 6.26. The maximum absolute atomic E-state index is 13.4. The molecule has 4 aromatic rings. The molecule has 0 aliphatic heterocycles. The van der Waals surface area contributed by atoms with Crippen LogP contribution in [0.3, 0.4) is 0 Å². The molecule has 8 nitrogen and oxygen atoms in total. The molecule has 39 heavy (non-hydrogen) atoms. The lowest BCUT2D eigenvalue weighted by Gasteiger charge is -2.33. The number of carbonyl (C=O) groups excluding carboxylic acids is 1. The lowest BCUT2D eigenvalue weighted by Crippen LogP contribution is -2.28. The summed E-state index contributed by atoms with van der Waals surface area (Å²) >= 11 is 1.55. The summed E-state index contributed by atoms with van der Waals surface area (Å²) in [5, 5.41) is 15.2. The zero-order valence-corrected chi connectivity index (χ0v) is 23.3. The number of fused-ring (bicyclic) bond motifs is 1. The third kappa shape index (κ3) is 5.73. The van der Waals surface area contributed by atoms with E-state index in [1.165, 1.54) is 10.9 Å². The smallest absolute Gasteiger partial charge is 0.280 e. The number of aryl methyl sites for hydroxylation is 1. The van der Waals surface area contributed by atoms with E-state index in [2.05, 4.69) is 26.1 Å². The minimum Gasteiger partial charge on any atom is -0.467 e. The lowest BCUT2D eigenvalue weighted by molar-refractivity contribution is -0.384. The van der Waals surface area contributed by atoms with Crippen LogP contribution in [0.25, 0.3) is 11.3 Å². The molecule has 0 saturated heterocycles. The zero-order chi connectivity index (χ0) is 27.7. The zero-order valence-electron chi connectivity index (χ0n) is 22.4. The van der Waals surface area contributed by atoms with Crippen LogP contribution in [0.4, 0.5) is 10.7 Å². The van der Waals surface area contributed by atoms with Crippen LogP contribution in [0.1, 0.15) is 65.1 Å². The Kier molecular flexibility index (Phi) is 7.27. The monoisotopic (exact) mass is 545 g/mol. The van der Waals surface area contributed by atoms with Crippen molar-refractivity contribution in [2.24, 2.45) is 16.3 Å². The molecule has 9 heteroatoms. The second kappa shape index (κ2) is 10.6. The quantitative estimate of drug-likeness (QED) is 0.146. The minimum absolute atomic E-state index is 0.0114. The van der Waals surface area contributed by atoms with Gasteiger partial charge in [0.25, 0.3) is 11.6 Å². The van der Waals surface area contributed by atoms with Gasteiger partial charge in [-0.3, -0.25) is 14.9 Å². The second-order valence-electron chi connectivity index (χ2n) is 11.0. The Morgan fingerprint density at radius 2 is 2.08 bits per heavy atom. The van der Waals surface area contributed by atoms with Gasteiger partial charge in [-0.25, -0.2) is 4.99 Å². The highest BCUT2D eigenvalue weighted by Gasteiger charge is 2.33. The number of aliphatic imine (C=N–C) groups is 1. The third-order valence-electron chi connectivity index (χ3n) is 7.25. The Morgan fingerprint density at radius 3 is 2.79 bits per heavy atom. The summed E-state index contributed by atoms with van der Waals surface area (Å²) in [7, 11) is 0. The van der Waals surface area contributed by atoms with Crippen molar-refractivity contribution in [3.63, 3.8) is 0 Å². The molecule has 1 aliphatic rings. The number of hydrogen-bond acceptors (Lipinski definition) is 7. The average molecular weight is 546 g/mol. The molecule has 1 atom stereocenters. The summed E-state index contributed by atoms with van der Waals surface area (Å²) in [4.78, 5) is 30.5. The Morgan fingerprint density at radius 1 is 1.26 bits per heavy atom. The van der Waals surface area contributed by atoms with Gasteiger partial charge in [-0.05, 0) is 79.0 Å². The molecule has 0 radical (unpaired) electrons. The number of rotatable bonds is 7. The largest absolute Gasteiger partial charge is 0.467 e. The van der Waals surface area contributed by atoms with E-state index in [-0.39, 0.29) is 17.0 Å². The Bertz CT molecular complexity index is 1540. The summed E-state index contributed by atoms with van der Waals surface area (Å²) in [5.41, 5.74) is 3.04. The maximum atomic E-state index is 13.4. The van der Waals surface area contributed by atoms with Gasteiger partial charge in [-0.2, -0.15) is 0 Å². The fourth-order valence-electron chi connectivity index (χ4n) is 5.00. The van der Waals surface area contributed by atoms with E-state index in [4.69, 9.17) is 13.8 Å². The highest BCUT2D eigenvalue weighted by atomic mass is 32.1. The molecular weight excluding hydrogens is 514 g/mol. The first kappa shape index (κ1) is 26.6. The maximum Gasteiger partial charge on any atom is 0.280 e. The molecule has 202 valence electrons. The van der Waals surface area contributed by atoms with Crippen molar-refractivity contribution < 1.29 is 18.6 Å². The van der Waals surface area contributed by atoms with Crippen LogP contribution in [0, 0.1) is 28.4 Å². The van der Waals surface area contributed by atoms with Gasteiger partial charge < -0.3 is 14.2 Å². The molecule has 1 N–H and O–H groups in total. The van der Waals surface area contributed by atoms with Crippen LogP contribution in [0.2, 0.25) is 0 Å². The van der Waals surface area contributed by atoms with Gasteiger partial charge in [0.05, 0.1) is 35.1 Å². The number of thiophene rings is 1. The van der Waals surface area contributed by atoms with Crippen molar-refractivity contribution >= 4 is 34.1 Å². The Balaban J connectivity index is 1.45. The number of nitro benzene ring substituents is 1. The fraction of sp³-hybridized carbons (Fsp3) is 0.333. The Labute approximate surface area is 230 Å². The van der Waals surface area contributed by atoms with E-state index >= 15 is 0 Å². The van der Waals surface area contributed by atoms with Crippen LogP contribution < -0.4 is 5.32 Å². The number of nitrogens with zero attached hydrogens (tertiary/aromatic N) is 2. The van der Waals surface area contributed by atoms with E-state index in [0.717, 1.165) is 30.4 Å². The highest BCUT2D eigenvalue weighted by molar-refractivity contribution is 7.16. The predicted molar refractivity (Wildman–Crippen MR) is 152 cm³/mol. The summed E-state index contributed by atoms with van der Waals surface area (Å²) in [6.07, 6.45) is 5.92. The van der Waals surface area contributed by atoms with Gasteiger partial charge in [-0.15, -0.1) is 11.3 Å². The van der Waals surface area contributed by atoms with Crippen molar-refractivity contribution in [2.75, 3.05) is 0 Å². The SMILES string of the molecule is Cc1ccc(-c2ccc(C=Nc3sc4c(c3C(=O)NCc3ccco3)CC[C@@H](C(C)(C)C)C4)o2)c([N+](=O)[O-])c1. The van der Waals surface area contributed by atoms with Crippen LogP contribution in [-0.4, -0.2) is 17.0 Å². The molecule has 0 saturated carbocycles. The summed E-state index contributed by atoms with van der Waals surface area (Å²) in [6, 6.07) is 12.1. The van der Waals surface area contributed by atoms with Gasteiger partial charge in [0.15, 0.2) is 0 Å². The van der Waals surface area contributed by atoms with E-state index in [9.17, 15) is 14.9 Å². The van der Waals surface area contributed by atoms with Gasteiger partial charge in [0, 0.05) is 10.9 Å². The number of amides is 1. The van der Waals surface area contributed by atoms with Crippen molar-refractivity contribution in [2.45, 2.75) is 53.5 Å². The predicted octanol–water partition coefficient (Wildman–Crippen LogP) is 7.65. The normalized spacial score (nSPS) is 15.4. The minimum atomic E-state index is -0.409. The number of nitrogens with one attached hydrogen (secondary N) is 1. The van der Waals surface area contributed by atoms with Crippen molar-refractivity contribution in [3.05, 3.63) is 91.9 Å².